The van der Waals surface area contributed by atoms with E-state index in [0.717, 1.165) is 9.87 Å². The van der Waals surface area contributed by atoms with E-state index in [4.69, 9.17) is 23.2 Å². The highest BCUT2D eigenvalue weighted by atomic mass is 35.5. The molecule has 0 bridgehead atoms. The van der Waals surface area contributed by atoms with E-state index >= 15 is 0 Å². The summed E-state index contributed by atoms with van der Waals surface area (Å²) in [7, 11) is -4.24. The van der Waals surface area contributed by atoms with E-state index in [1.807, 2.05) is 51.1 Å². The minimum absolute atomic E-state index is 0.0177. The Morgan fingerprint density at radius 3 is 2.04 bits per heavy atom. The molecule has 236 valence electrons. The molecule has 0 aromatic heterocycles. The molecule has 0 aliphatic heterocycles. The number of benzene rings is 4. The molecule has 45 heavy (non-hydrogen) atoms. The molecule has 1 unspecified atom stereocenters. The SMILES string of the molecule is Cc1ccccc1N(CC(=O)N(Cc1ccccc1Cl)C(Cc1ccccc1)C(=O)NC(C)(C)C)S(=O)(=O)c1ccc(Cl)cc1. The van der Waals surface area contributed by atoms with E-state index in [2.05, 4.69) is 5.32 Å². The van der Waals surface area contributed by atoms with Gasteiger partial charge in [0.1, 0.15) is 12.6 Å². The number of amides is 2. The van der Waals surface area contributed by atoms with Crippen LogP contribution in [0.5, 0.6) is 0 Å². The second kappa shape index (κ2) is 14.5. The van der Waals surface area contributed by atoms with Gasteiger partial charge in [-0.15, -0.1) is 0 Å². The molecule has 0 saturated carbocycles. The normalized spacial score (nSPS) is 12.3. The third kappa shape index (κ3) is 8.87. The van der Waals surface area contributed by atoms with Gasteiger partial charge in [-0.05, 0) is 80.8 Å². The third-order valence-electron chi connectivity index (χ3n) is 7.13. The van der Waals surface area contributed by atoms with Crippen LogP contribution in [-0.2, 0) is 32.6 Å². The molecule has 7 nitrogen and oxygen atoms in total. The number of halogens is 2. The first-order chi connectivity index (χ1) is 21.3. The second-order valence-electron chi connectivity index (χ2n) is 11.8. The number of carbonyl (C=O) groups excluding carboxylic acids is 2. The van der Waals surface area contributed by atoms with E-state index in [1.165, 1.54) is 29.2 Å². The topological polar surface area (TPSA) is 86.8 Å². The number of anilines is 1. The highest BCUT2D eigenvalue weighted by Gasteiger charge is 2.36. The van der Waals surface area contributed by atoms with Gasteiger partial charge >= 0.3 is 0 Å². The van der Waals surface area contributed by atoms with Gasteiger partial charge in [-0.1, -0.05) is 89.9 Å². The molecule has 2 amide bonds. The molecular formula is C35H37Cl2N3O4S. The van der Waals surface area contributed by atoms with Crippen LogP contribution < -0.4 is 9.62 Å². The Labute approximate surface area is 275 Å². The van der Waals surface area contributed by atoms with E-state index in [0.29, 0.717) is 26.9 Å². The van der Waals surface area contributed by atoms with Gasteiger partial charge in [0.05, 0.1) is 10.6 Å². The first-order valence-electron chi connectivity index (χ1n) is 14.5. The molecule has 4 rings (SSSR count). The standard InChI is InChI=1S/C35H37Cl2N3O4S/c1-25-12-8-11-17-31(25)40(45(43,44)29-20-18-28(36)19-21-29)24-33(41)39(23-27-15-9-10-16-30(27)37)32(34(42)38-35(2,3)4)22-26-13-6-5-7-14-26/h5-21,32H,22-24H2,1-4H3,(H,38,42). The number of aryl methyl sites for hydroxylation is 1. The number of rotatable bonds is 11. The fourth-order valence-electron chi connectivity index (χ4n) is 4.91. The predicted octanol–water partition coefficient (Wildman–Crippen LogP) is 7.05. The number of hydrogen-bond donors (Lipinski definition) is 1. The first-order valence-corrected chi connectivity index (χ1v) is 16.7. The van der Waals surface area contributed by atoms with Gasteiger partial charge < -0.3 is 10.2 Å². The summed E-state index contributed by atoms with van der Waals surface area (Å²) < 4.78 is 29.4. The van der Waals surface area contributed by atoms with Gasteiger partial charge in [0.2, 0.25) is 11.8 Å². The molecule has 10 heteroatoms. The van der Waals surface area contributed by atoms with Crippen molar-refractivity contribution in [2.75, 3.05) is 10.8 Å². The van der Waals surface area contributed by atoms with E-state index in [-0.39, 0.29) is 23.8 Å². The van der Waals surface area contributed by atoms with Gasteiger partial charge in [0, 0.05) is 28.5 Å². The summed E-state index contributed by atoms with van der Waals surface area (Å²) in [4.78, 5) is 29.9. The van der Waals surface area contributed by atoms with Crippen molar-refractivity contribution in [3.05, 3.63) is 130 Å². The molecule has 4 aromatic carbocycles. The summed E-state index contributed by atoms with van der Waals surface area (Å²) in [6.07, 6.45) is 0.202. The van der Waals surface area contributed by atoms with Gasteiger partial charge in [-0.3, -0.25) is 13.9 Å². The molecular weight excluding hydrogens is 629 g/mol. The van der Waals surface area contributed by atoms with Crippen molar-refractivity contribution in [2.24, 2.45) is 0 Å². The first kappa shape index (κ1) is 34.0. The van der Waals surface area contributed by atoms with Crippen molar-refractivity contribution in [2.45, 2.75) is 57.1 Å². The Kier molecular flexibility index (Phi) is 11.0. The third-order valence-corrected chi connectivity index (χ3v) is 9.53. The van der Waals surface area contributed by atoms with Crippen molar-refractivity contribution in [1.82, 2.24) is 10.2 Å². The molecule has 4 aromatic rings. The predicted molar refractivity (Wildman–Crippen MR) is 181 cm³/mol. The lowest BCUT2D eigenvalue weighted by Crippen LogP contribution is -2.56. The van der Waals surface area contributed by atoms with E-state index < -0.39 is 34.1 Å². The highest BCUT2D eigenvalue weighted by Crippen LogP contribution is 2.29. The molecule has 0 radical (unpaired) electrons. The summed E-state index contributed by atoms with van der Waals surface area (Å²) in [5.41, 5.74) is 1.88. The van der Waals surface area contributed by atoms with Crippen molar-refractivity contribution in [1.29, 1.82) is 0 Å². The van der Waals surface area contributed by atoms with Crippen molar-refractivity contribution in [3.8, 4) is 0 Å². The Morgan fingerprint density at radius 1 is 0.822 bits per heavy atom. The quantitative estimate of drug-likeness (QED) is 0.186. The minimum Gasteiger partial charge on any atom is -0.350 e. The lowest BCUT2D eigenvalue weighted by atomic mass is 10.0. The minimum atomic E-state index is -4.24. The number of para-hydroxylation sites is 1. The lowest BCUT2D eigenvalue weighted by Gasteiger charge is -2.35. The zero-order valence-electron chi connectivity index (χ0n) is 25.7. The van der Waals surface area contributed by atoms with Crippen LogP contribution in [0.15, 0.2) is 108 Å². The summed E-state index contributed by atoms with van der Waals surface area (Å²) in [5.74, 6) is -0.935. The molecule has 0 aliphatic rings. The summed E-state index contributed by atoms with van der Waals surface area (Å²) in [6, 6.07) is 28.2. The largest absolute Gasteiger partial charge is 0.350 e. The van der Waals surface area contributed by atoms with Gasteiger partial charge in [-0.25, -0.2) is 8.42 Å². The summed E-state index contributed by atoms with van der Waals surface area (Å²) >= 11 is 12.6. The molecule has 1 N–H and O–H groups in total. The van der Waals surface area contributed by atoms with Crippen LogP contribution in [0.4, 0.5) is 5.69 Å². The second-order valence-corrected chi connectivity index (χ2v) is 14.5. The van der Waals surface area contributed by atoms with Crippen molar-refractivity contribution in [3.63, 3.8) is 0 Å². The number of sulfonamides is 1. The number of hydrogen-bond acceptors (Lipinski definition) is 4. The average molecular weight is 667 g/mol. The molecule has 0 heterocycles. The molecule has 0 saturated heterocycles. The number of nitrogens with zero attached hydrogens (tertiary/aromatic N) is 2. The van der Waals surface area contributed by atoms with Crippen LogP contribution in [-0.4, -0.2) is 43.3 Å². The molecule has 0 aliphatic carbocycles. The lowest BCUT2D eigenvalue weighted by molar-refractivity contribution is -0.140. The average Bonchev–Trinajstić information content (AvgIpc) is 2.98. The Balaban J connectivity index is 1.84. The van der Waals surface area contributed by atoms with E-state index in [9.17, 15) is 18.0 Å². The highest BCUT2D eigenvalue weighted by molar-refractivity contribution is 7.92. The fraction of sp³-hybridized carbons (Fsp3) is 0.257. The van der Waals surface area contributed by atoms with Crippen LogP contribution in [0.1, 0.15) is 37.5 Å². The van der Waals surface area contributed by atoms with Gasteiger partial charge in [0.25, 0.3) is 10.0 Å². The van der Waals surface area contributed by atoms with Crippen LogP contribution in [0.25, 0.3) is 0 Å². The molecule has 0 fully saturated rings. The van der Waals surface area contributed by atoms with Gasteiger partial charge in [-0.2, -0.15) is 0 Å². The zero-order chi connectivity index (χ0) is 32.8. The molecule has 0 spiro atoms. The van der Waals surface area contributed by atoms with Crippen LogP contribution in [0.2, 0.25) is 10.0 Å². The van der Waals surface area contributed by atoms with Crippen LogP contribution >= 0.6 is 23.2 Å². The van der Waals surface area contributed by atoms with E-state index in [1.54, 1.807) is 55.5 Å². The van der Waals surface area contributed by atoms with Gasteiger partial charge in [0.15, 0.2) is 0 Å². The van der Waals surface area contributed by atoms with Crippen molar-refractivity contribution >= 4 is 50.7 Å². The maximum absolute atomic E-state index is 14.6. The Hall–Kier alpha value is -3.85. The van der Waals surface area contributed by atoms with Crippen LogP contribution in [0.3, 0.4) is 0 Å². The monoisotopic (exact) mass is 665 g/mol. The number of nitrogens with one attached hydrogen (secondary N) is 1. The number of carbonyl (C=O) groups is 2. The smallest absolute Gasteiger partial charge is 0.264 e. The maximum atomic E-state index is 14.6. The maximum Gasteiger partial charge on any atom is 0.264 e. The summed E-state index contributed by atoms with van der Waals surface area (Å²) in [6.45, 7) is 6.79. The Bertz CT molecular complexity index is 1740. The zero-order valence-corrected chi connectivity index (χ0v) is 28.0. The fourth-order valence-corrected chi connectivity index (χ4v) is 6.71. The summed E-state index contributed by atoms with van der Waals surface area (Å²) in [5, 5.41) is 3.83. The Morgan fingerprint density at radius 2 is 1.42 bits per heavy atom. The molecule has 1 atom stereocenters. The van der Waals surface area contributed by atoms with Crippen molar-refractivity contribution < 1.29 is 18.0 Å². The van der Waals surface area contributed by atoms with Crippen LogP contribution in [0, 0.1) is 6.92 Å².